The van der Waals surface area contributed by atoms with Crippen LogP contribution in [0, 0.1) is 0 Å². The summed E-state index contributed by atoms with van der Waals surface area (Å²) in [7, 11) is 0. The minimum atomic E-state index is -0.160. The number of benzene rings is 1. The third kappa shape index (κ3) is 5.42. The van der Waals surface area contributed by atoms with Gasteiger partial charge in [0.2, 0.25) is 0 Å². The van der Waals surface area contributed by atoms with Gasteiger partial charge in [-0.1, -0.05) is 12.1 Å². The first kappa shape index (κ1) is 18.2. The number of morpholine rings is 1. The van der Waals surface area contributed by atoms with Gasteiger partial charge < -0.3 is 20.1 Å². The van der Waals surface area contributed by atoms with Crippen LogP contribution >= 0.6 is 0 Å². The Bertz CT molecular complexity index is 537. The van der Waals surface area contributed by atoms with Crippen molar-refractivity contribution >= 4 is 11.7 Å². The zero-order chi connectivity index (χ0) is 17.5. The quantitative estimate of drug-likeness (QED) is 0.831. The zero-order valence-corrected chi connectivity index (χ0v) is 15.0. The fraction of sp³-hybridized carbons (Fsp3) is 0.632. The van der Waals surface area contributed by atoms with Crippen molar-refractivity contribution in [2.45, 2.75) is 38.3 Å². The molecule has 2 fully saturated rings. The molecule has 6 nitrogen and oxygen atoms in total. The van der Waals surface area contributed by atoms with Crippen LogP contribution in [-0.4, -0.2) is 56.5 Å². The topological polar surface area (TPSA) is 62.8 Å². The summed E-state index contributed by atoms with van der Waals surface area (Å²) in [5.41, 5.74) is 2.07. The number of ether oxygens (including phenoxy) is 2. The zero-order valence-electron chi connectivity index (χ0n) is 15.0. The summed E-state index contributed by atoms with van der Waals surface area (Å²) in [5.74, 6) is 0. The number of amides is 2. The molecule has 2 saturated heterocycles. The number of urea groups is 1. The SMILES string of the molecule is C[C@H](c1ccc(NC(=O)NCC[C@H]2CCCO2)cc1)N1CCOCC1. The van der Waals surface area contributed by atoms with Crippen molar-refractivity contribution < 1.29 is 14.3 Å². The molecule has 0 saturated carbocycles. The van der Waals surface area contributed by atoms with E-state index >= 15 is 0 Å². The second-order valence-corrected chi connectivity index (χ2v) is 6.75. The normalized spacial score (nSPS) is 22.5. The predicted octanol–water partition coefficient (Wildman–Crippen LogP) is 2.77. The van der Waals surface area contributed by atoms with E-state index in [-0.39, 0.29) is 6.03 Å². The smallest absolute Gasteiger partial charge is 0.319 e. The van der Waals surface area contributed by atoms with Gasteiger partial charge in [0.1, 0.15) is 0 Å². The Kier molecular flexibility index (Phi) is 6.67. The van der Waals surface area contributed by atoms with Gasteiger partial charge in [0.25, 0.3) is 0 Å². The van der Waals surface area contributed by atoms with E-state index in [4.69, 9.17) is 9.47 Å². The van der Waals surface area contributed by atoms with Crippen LogP contribution in [0.1, 0.15) is 37.8 Å². The van der Waals surface area contributed by atoms with Gasteiger partial charge in [-0.2, -0.15) is 0 Å². The maximum absolute atomic E-state index is 12.0. The van der Waals surface area contributed by atoms with Crippen LogP contribution in [-0.2, 0) is 9.47 Å². The molecule has 3 rings (SSSR count). The lowest BCUT2D eigenvalue weighted by atomic mass is 10.1. The molecule has 6 heteroatoms. The molecule has 25 heavy (non-hydrogen) atoms. The fourth-order valence-electron chi connectivity index (χ4n) is 3.41. The average Bonchev–Trinajstić information content (AvgIpc) is 3.16. The fourth-order valence-corrected chi connectivity index (χ4v) is 3.41. The molecule has 2 aliphatic rings. The van der Waals surface area contributed by atoms with E-state index in [0.717, 1.165) is 57.9 Å². The van der Waals surface area contributed by atoms with E-state index in [1.54, 1.807) is 0 Å². The molecular weight excluding hydrogens is 318 g/mol. The molecule has 0 spiro atoms. The van der Waals surface area contributed by atoms with Gasteiger partial charge in [-0.05, 0) is 43.9 Å². The number of hydrogen-bond acceptors (Lipinski definition) is 4. The first-order valence-electron chi connectivity index (χ1n) is 9.30. The Labute approximate surface area is 149 Å². The van der Waals surface area contributed by atoms with Crippen molar-refractivity contribution in [1.82, 2.24) is 10.2 Å². The molecule has 2 amide bonds. The number of carbonyl (C=O) groups is 1. The highest BCUT2D eigenvalue weighted by Gasteiger charge is 2.18. The minimum Gasteiger partial charge on any atom is -0.379 e. The van der Waals surface area contributed by atoms with Crippen molar-refractivity contribution in [3.63, 3.8) is 0 Å². The summed E-state index contributed by atoms with van der Waals surface area (Å²) in [6.07, 6.45) is 3.42. The molecule has 0 aliphatic carbocycles. The predicted molar refractivity (Wildman–Crippen MR) is 97.9 cm³/mol. The van der Waals surface area contributed by atoms with E-state index in [1.807, 2.05) is 12.1 Å². The van der Waals surface area contributed by atoms with E-state index < -0.39 is 0 Å². The van der Waals surface area contributed by atoms with Gasteiger partial charge >= 0.3 is 6.03 Å². The van der Waals surface area contributed by atoms with Crippen LogP contribution in [0.25, 0.3) is 0 Å². The van der Waals surface area contributed by atoms with Gasteiger partial charge in [-0.15, -0.1) is 0 Å². The number of nitrogens with one attached hydrogen (secondary N) is 2. The molecule has 2 atom stereocenters. The molecule has 0 radical (unpaired) electrons. The lowest BCUT2D eigenvalue weighted by Crippen LogP contribution is -2.38. The van der Waals surface area contributed by atoms with Crippen LogP contribution in [0.3, 0.4) is 0 Å². The molecule has 2 heterocycles. The molecule has 2 N–H and O–H groups in total. The standard InChI is InChI=1S/C19H29N3O3/c1-15(22-10-13-24-14-11-22)16-4-6-17(7-5-16)21-19(23)20-9-8-18-3-2-12-25-18/h4-7,15,18H,2-3,8-14H2,1H3,(H2,20,21,23)/t15-,18-/m1/s1. The van der Waals surface area contributed by atoms with Crippen molar-refractivity contribution in [3.05, 3.63) is 29.8 Å². The maximum Gasteiger partial charge on any atom is 0.319 e. The number of anilines is 1. The van der Waals surface area contributed by atoms with Gasteiger partial charge in [0, 0.05) is 38.0 Å². The first-order chi connectivity index (χ1) is 12.2. The third-order valence-electron chi connectivity index (χ3n) is 5.02. The molecule has 1 aromatic carbocycles. The lowest BCUT2D eigenvalue weighted by Gasteiger charge is -2.32. The molecule has 0 aromatic heterocycles. The number of nitrogens with zero attached hydrogens (tertiary/aromatic N) is 1. The summed E-state index contributed by atoms with van der Waals surface area (Å²) in [4.78, 5) is 14.4. The maximum atomic E-state index is 12.0. The molecule has 138 valence electrons. The summed E-state index contributed by atoms with van der Waals surface area (Å²) in [5, 5.41) is 5.78. The van der Waals surface area contributed by atoms with E-state index in [2.05, 4.69) is 34.6 Å². The largest absolute Gasteiger partial charge is 0.379 e. The molecule has 0 bridgehead atoms. The summed E-state index contributed by atoms with van der Waals surface area (Å²) in [6.45, 7) is 7.24. The second kappa shape index (κ2) is 9.17. The Morgan fingerprint density at radius 1 is 1.24 bits per heavy atom. The summed E-state index contributed by atoms with van der Waals surface area (Å²) in [6, 6.07) is 8.30. The third-order valence-corrected chi connectivity index (χ3v) is 5.02. The molecular formula is C19H29N3O3. The minimum absolute atomic E-state index is 0.160. The second-order valence-electron chi connectivity index (χ2n) is 6.75. The molecule has 2 aliphatic heterocycles. The summed E-state index contributed by atoms with van der Waals surface area (Å²) < 4.78 is 11.0. The van der Waals surface area contributed by atoms with Crippen molar-refractivity contribution in [2.75, 3.05) is 44.8 Å². The van der Waals surface area contributed by atoms with Crippen LogP contribution in [0.5, 0.6) is 0 Å². The van der Waals surface area contributed by atoms with Gasteiger partial charge in [-0.3, -0.25) is 4.90 Å². The Morgan fingerprint density at radius 3 is 2.68 bits per heavy atom. The Balaban J connectivity index is 1.42. The highest BCUT2D eigenvalue weighted by Crippen LogP contribution is 2.22. The lowest BCUT2D eigenvalue weighted by molar-refractivity contribution is 0.0198. The van der Waals surface area contributed by atoms with Crippen molar-refractivity contribution in [3.8, 4) is 0 Å². The van der Waals surface area contributed by atoms with Crippen LogP contribution in [0.4, 0.5) is 10.5 Å². The summed E-state index contributed by atoms with van der Waals surface area (Å²) >= 11 is 0. The van der Waals surface area contributed by atoms with Gasteiger partial charge in [-0.25, -0.2) is 4.79 Å². The van der Waals surface area contributed by atoms with Gasteiger partial charge in [0.15, 0.2) is 0 Å². The van der Waals surface area contributed by atoms with E-state index in [1.165, 1.54) is 5.56 Å². The Morgan fingerprint density at radius 2 is 2.00 bits per heavy atom. The molecule has 1 aromatic rings. The number of rotatable bonds is 6. The van der Waals surface area contributed by atoms with Crippen molar-refractivity contribution in [2.24, 2.45) is 0 Å². The molecule has 0 unspecified atom stereocenters. The van der Waals surface area contributed by atoms with Crippen LogP contribution in [0.2, 0.25) is 0 Å². The highest BCUT2D eigenvalue weighted by atomic mass is 16.5. The first-order valence-corrected chi connectivity index (χ1v) is 9.30. The van der Waals surface area contributed by atoms with Gasteiger partial charge in [0.05, 0.1) is 19.3 Å². The van der Waals surface area contributed by atoms with E-state index in [0.29, 0.717) is 18.7 Å². The number of hydrogen-bond donors (Lipinski definition) is 2. The van der Waals surface area contributed by atoms with Crippen molar-refractivity contribution in [1.29, 1.82) is 0 Å². The monoisotopic (exact) mass is 347 g/mol. The highest BCUT2D eigenvalue weighted by molar-refractivity contribution is 5.89. The van der Waals surface area contributed by atoms with Crippen LogP contribution in [0.15, 0.2) is 24.3 Å². The Hall–Kier alpha value is -1.63. The van der Waals surface area contributed by atoms with E-state index in [9.17, 15) is 4.79 Å². The number of carbonyl (C=O) groups excluding carboxylic acids is 1. The average molecular weight is 347 g/mol. The van der Waals surface area contributed by atoms with Crippen LogP contribution < -0.4 is 10.6 Å².